The van der Waals surface area contributed by atoms with Gasteiger partial charge in [0.05, 0.1) is 16.4 Å². The summed E-state index contributed by atoms with van der Waals surface area (Å²) in [5.41, 5.74) is 4.96. The minimum atomic E-state index is -0.920. The molecule has 0 radical (unpaired) electrons. The molecule has 0 aliphatic heterocycles. The Morgan fingerprint density at radius 2 is 1.07 bits per heavy atom. The van der Waals surface area contributed by atoms with Crippen LogP contribution in [-0.4, -0.2) is 22.6 Å². The smallest absolute Gasteiger partial charge is 0.316 e. The molecule has 0 aromatic heterocycles. The van der Waals surface area contributed by atoms with Crippen LogP contribution in [0.2, 0.25) is 0 Å². The Kier molecular flexibility index (Phi) is 14.8. The van der Waals surface area contributed by atoms with Gasteiger partial charge in [-0.05, 0) is 165 Å². The molecular weight excluding hydrogens is 548 g/mol. The molecule has 248 valence electrons. The first-order valence-electron chi connectivity index (χ1n) is 16.3. The topological polar surface area (TPSA) is 72.8 Å². The third-order valence-corrected chi connectivity index (χ3v) is 8.14. The van der Waals surface area contributed by atoms with E-state index in [1.54, 1.807) is 0 Å². The average molecular weight is 611 g/mol. The maximum absolute atomic E-state index is 13.0. The van der Waals surface area contributed by atoms with E-state index >= 15 is 0 Å². The zero-order chi connectivity index (χ0) is 34.0. The number of carbonyl (C=O) groups is 2. The fourth-order valence-electron chi connectivity index (χ4n) is 4.73. The van der Waals surface area contributed by atoms with Crippen molar-refractivity contribution in [2.24, 2.45) is 10.8 Å². The van der Waals surface area contributed by atoms with Crippen LogP contribution in [0.5, 0.6) is 11.5 Å². The van der Waals surface area contributed by atoms with E-state index < -0.39 is 16.4 Å². The maximum atomic E-state index is 13.0. The van der Waals surface area contributed by atoms with Gasteiger partial charge in [0.25, 0.3) is 0 Å². The lowest BCUT2D eigenvalue weighted by atomic mass is 9.88. The van der Waals surface area contributed by atoms with Crippen molar-refractivity contribution in [1.29, 1.82) is 0 Å². The molecule has 0 bridgehead atoms. The quantitative estimate of drug-likeness (QED) is 0.129. The number of carbonyl (C=O) groups excluding carboxylic acids is 2. The summed E-state index contributed by atoms with van der Waals surface area (Å²) in [6.45, 7) is 27.2. The van der Waals surface area contributed by atoms with E-state index in [0.29, 0.717) is 30.8 Å². The van der Waals surface area contributed by atoms with Gasteiger partial charge in [0.1, 0.15) is 11.5 Å². The Bertz CT molecular complexity index is 1240. The van der Waals surface area contributed by atoms with Crippen LogP contribution in [-0.2, 0) is 16.0 Å². The minimum absolute atomic E-state index is 0.322. The number of hydrogen-bond donors (Lipinski definition) is 1. The third-order valence-electron chi connectivity index (χ3n) is 8.14. The van der Waals surface area contributed by atoms with E-state index in [9.17, 15) is 14.7 Å². The highest BCUT2D eigenvalue weighted by Gasteiger charge is 2.31. The fraction of sp³-hybridized carbons (Fsp3) is 0.641. The van der Waals surface area contributed by atoms with Gasteiger partial charge < -0.3 is 14.6 Å². The lowest BCUT2D eigenvalue weighted by molar-refractivity contribution is -0.144. The fourth-order valence-corrected chi connectivity index (χ4v) is 4.73. The second kappa shape index (κ2) is 16.6. The second-order valence-electron chi connectivity index (χ2n) is 15.3. The molecule has 1 rings (SSSR count). The molecule has 5 heteroatoms. The number of esters is 2. The first-order valence-corrected chi connectivity index (χ1v) is 16.3. The zero-order valence-corrected chi connectivity index (χ0v) is 30.5. The van der Waals surface area contributed by atoms with Crippen LogP contribution in [0.15, 0.2) is 34.9 Å². The number of hydrogen-bond acceptors (Lipinski definition) is 5. The molecular formula is C39H62O5. The van der Waals surface area contributed by atoms with Crippen molar-refractivity contribution in [3.8, 4) is 11.5 Å². The largest absolute Gasteiger partial charge is 0.426 e. The lowest BCUT2D eigenvalue weighted by Gasteiger charge is -2.27. The summed E-state index contributed by atoms with van der Waals surface area (Å²) in [5, 5.41) is 11.4. The van der Waals surface area contributed by atoms with Gasteiger partial charge in [0.2, 0.25) is 0 Å². The van der Waals surface area contributed by atoms with Crippen molar-refractivity contribution in [1.82, 2.24) is 0 Å². The standard InChI is InChI=1S/C39H62O5/c1-26(2)18-15-19-27(3)20-16-21-28(4)22-17-24-39(14,42)25-23-32-31(7)33(43-35(40)37(8,9)10)29(5)30(6)34(32)44-36(41)38(11,12)13/h18,20,22,42H,15-17,19,21,23-25H2,1-14H3/b27-20+,28-22+. The molecule has 0 fully saturated rings. The minimum Gasteiger partial charge on any atom is -0.426 e. The predicted octanol–water partition coefficient (Wildman–Crippen LogP) is 10.4. The summed E-state index contributed by atoms with van der Waals surface area (Å²) in [4.78, 5) is 25.8. The number of ether oxygens (including phenoxy) is 2. The molecule has 0 saturated heterocycles. The lowest BCUT2D eigenvalue weighted by Crippen LogP contribution is -2.28. The van der Waals surface area contributed by atoms with Crippen LogP contribution in [0.4, 0.5) is 0 Å². The van der Waals surface area contributed by atoms with E-state index in [1.807, 2.05) is 69.2 Å². The summed E-state index contributed by atoms with van der Waals surface area (Å²) in [7, 11) is 0. The van der Waals surface area contributed by atoms with Crippen LogP contribution in [0.3, 0.4) is 0 Å². The van der Waals surface area contributed by atoms with E-state index in [0.717, 1.165) is 54.4 Å². The summed E-state index contributed by atoms with van der Waals surface area (Å²) in [6, 6.07) is 0. The molecule has 44 heavy (non-hydrogen) atoms. The maximum Gasteiger partial charge on any atom is 0.316 e. The number of rotatable bonds is 14. The van der Waals surface area contributed by atoms with Crippen molar-refractivity contribution < 1.29 is 24.2 Å². The van der Waals surface area contributed by atoms with Crippen molar-refractivity contribution in [3.63, 3.8) is 0 Å². The van der Waals surface area contributed by atoms with Crippen molar-refractivity contribution >= 4 is 11.9 Å². The highest BCUT2D eigenvalue weighted by Crippen LogP contribution is 2.41. The normalized spacial score (nSPS) is 14.2. The highest BCUT2D eigenvalue weighted by atomic mass is 16.5. The average Bonchev–Trinajstić information content (AvgIpc) is 2.87. The van der Waals surface area contributed by atoms with Gasteiger partial charge >= 0.3 is 11.9 Å². The van der Waals surface area contributed by atoms with Crippen LogP contribution < -0.4 is 9.47 Å². The van der Waals surface area contributed by atoms with Crippen molar-refractivity contribution in [2.45, 2.75) is 154 Å². The van der Waals surface area contributed by atoms with Gasteiger partial charge in [-0.1, -0.05) is 34.9 Å². The Hall–Kier alpha value is -2.66. The van der Waals surface area contributed by atoms with Crippen LogP contribution in [0.25, 0.3) is 0 Å². The zero-order valence-electron chi connectivity index (χ0n) is 30.5. The first kappa shape index (κ1) is 39.4. The first-order chi connectivity index (χ1) is 20.1. The van der Waals surface area contributed by atoms with E-state index in [4.69, 9.17) is 9.47 Å². The number of benzene rings is 1. The third kappa shape index (κ3) is 13.1. The van der Waals surface area contributed by atoms with Gasteiger partial charge in [-0.15, -0.1) is 0 Å². The summed E-state index contributed by atoms with van der Waals surface area (Å²) >= 11 is 0. The summed E-state index contributed by atoms with van der Waals surface area (Å²) in [6.07, 6.45) is 13.5. The molecule has 0 spiro atoms. The van der Waals surface area contributed by atoms with Crippen molar-refractivity contribution in [2.75, 3.05) is 0 Å². The van der Waals surface area contributed by atoms with Gasteiger partial charge in [-0.25, -0.2) is 0 Å². The SMILES string of the molecule is CC(C)=CCC/C(C)=C/CC/C(C)=C/CCC(C)(O)CCc1c(C)c(OC(=O)C(C)(C)C)c(C)c(C)c1OC(=O)C(C)(C)C. The van der Waals surface area contributed by atoms with Gasteiger partial charge in [-0.2, -0.15) is 0 Å². The number of allylic oxidation sites excluding steroid dienone is 6. The Balaban J connectivity index is 3.10. The summed E-state index contributed by atoms with van der Waals surface area (Å²) in [5.74, 6) is 0.362. The van der Waals surface area contributed by atoms with E-state index in [2.05, 4.69) is 45.9 Å². The van der Waals surface area contributed by atoms with Crippen LogP contribution >= 0.6 is 0 Å². The molecule has 1 atom stereocenters. The van der Waals surface area contributed by atoms with Crippen LogP contribution in [0.1, 0.15) is 143 Å². The Morgan fingerprint density at radius 1 is 0.636 bits per heavy atom. The highest BCUT2D eigenvalue weighted by molar-refractivity contribution is 5.81. The molecule has 1 unspecified atom stereocenters. The van der Waals surface area contributed by atoms with Gasteiger partial charge in [-0.3, -0.25) is 9.59 Å². The van der Waals surface area contributed by atoms with Gasteiger partial charge in [0, 0.05) is 5.56 Å². The molecule has 1 aromatic rings. The predicted molar refractivity (Wildman–Crippen MR) is 184 cm³/mol. The summed E-state index contributed by atoms with van der Waals surface area (Å²) < 4.78 is 11.9. The molecule has 1 aromatic carbocycles. The molecule has 0 saturated carbocycles. The molecule has 0 amide bonds. The van der Waals surface area contributed by atoms with Crippen LogP contribution in [0, 0.1) is 31.6 Å². The molecule has 0 aliphatic carbocycles. The molecule has 0 heterocycles. The number of aliphatic hydroxyl groups is 1. The molecule has 1 N–H and O–H groups in total. The van der Waals surface area contributed by atoms with E-state index in [1.165, 1.54) is 16.7 Å². The Labute approximate surface area is 269 Å². The molecule has 5 nitrogen and oxygen atoms in total. The molecule has 0 aliphatic rings. The van der Waals surface area contributed by atoms with Gasteiger partial charge in [0.15, 0.2) is 0 Å². The second-order valence-corrected chi connectivity index (χ2v) is 15.3. The monoisotopic (exact) mass is 610 g/mol. The van der Waals surface area contributed by atoms with E-state index in [-0.39, 0.29) is 11.9 Å². The Morgan fingerprint density at radius 3 is 1.55 bits per heavy atom. The van der Waals surface area contributed by atoms with Crippen molar-refractivity contribution in [3.05, 3.63) is 57.2 Å².